The van der Waals surface area contributed by atoms with Gasteiger partial charge in [0.05, 0.1) is 17.3 Å². The van der Waals surface area contributed by atoms with Crippen molar-refractivity contribution in [3.63, 3.8) is 0 Å². The van der Waals surface area contributed by atoms with Gasteiger partial charge >= 0.3 is 6.09 Å². The number of cyclic esters (lactones) is 1. The minimum atomic E-state index is -0.431. The highest BCUT2D eigenvalue weighted by Crippen LogP contribution is 2.31. The number of nitrogens with zero attached hydrogens (tertiary/aromatic N) is 1. The molecule has 0 aliphatic carbocycles. The smallest absolute Gasteiger partial charge is 0.414 e. The predicted octanol–water partition coefficient (Wildman–Crippen LogP) is 2.28. The van der Waals surface area contributed by atoms with Crippen molar-refractivity contribution in [1.29, 1.82) is 0 Å². The minimum Gasteiger partial charge on any atom is -0.443 e. The van der Waals surface area contributed by atoms with Crippen LogP contribution >= 0.6 is 23.2 Å². The van der Waals surface area contributed by atoms with Crippen LogP contribution in [0.3, 0.4) is 0 Å². The summed E-state index contributed by atoms with van der Waals surface area (Å²) in [6.07, 6.45) is -0.709. The number of rotatable bonds is 2. The van der Waals surface area contributed by atoms with Crippen LogP contribution in [0.15, 0.2) is 18.2 Å². The standard InChI is InChI=1S/C10H10Cl2N2O2/c11-6-1-2-9(8(12)3-6)14-5-7(4-13)16-10(14)15/h1-3,7H,4-5,13H2. The number of carbonyl (C=O) groups is 1. The highest BCUT2D eigenvalue weighted by Gasteiger charge is 2.32. The number of benzene rings is 1. The van der Waals surface area contributed by atoms with Crippen LogP contribution in [0.4, 0.5) is 10.5 Å². The second-order valence-corrected chi connectivity index (χ2v) is 4.29. The van der Waals surface area contributed by atoms with Crippen LogP contribution in [0, 0.1) is 0 Å². The molecule has 1 fully saturated rings. The van der Waals surface area contributed by atoms with Crippen molar-refractivity contribution in [2.24, 2.45) is 5.73 Å². The second kappa shape index (κ2) is 4.49. The van der Waals surface area contributed by atoms with Crippen molar-refractivity contribution in [2.45, 2.75) is 6.10 Å². The van der Waals surface area contributed by atoms with E-state index in [0.29, 0.717) is 28.8 Å². The molecular formula is C10H10Cl2N2O2. The van der Waals surface area contributed by atoms with Gasteiger partial charge in [0, 0.05) is 11.6 Å². The molecule has 6 heteroatoms. The summed E-state index contributed by atoms with van der Waals surface area (Å²) in [5.74, 6) is 0. The van der Waals surface area contributed by atoms with Crippen molar-refractivity contribution in [3.8, 4) is 0 Å². The van der Waals surface area contributed by atoms with Gasteiger partial charge in [-0.1, -0.05) is 23.2 Å². The molecule has 1 unspecified atom stereocenters. The number of carbonyl (C=O) groups excluding carboxylic acids is 1. The zero-order valence-corrected chi connectivity index (χ0v) is 9.83. The van der Waals surface area contributed by atoms with E-state index in [1.54, 1.807) is 18.2 Å². The number of amides is 1. The first-order valence-electron chi connectivity index (χ1n) is 4.75. The van der Waals surface area contributed by atoms with E-state index < -0.39 is 6.09 Å². The summed E-state index contributed by atoms with van der Waals surface area (Å²) in [6, 6.07) is 4.94. The minimum absolute atomic E-state index is 0.278. The Morgan fingerprint density at radius 1 is 1.50 bits per heavy atom. The van der Waals surface area contributed by atoms with E-state index in [0.717, 1.165) is 0 Å². The molecule has 1 aromatic rings. The summed E-state index contributed by atoms with van der Waals surface area (Å²) in [5.41, 5.74) is 6.03. The summed E-state index contributed by atoms with van der Waals surface area (Å²) >= 11 is 11.8. The normalized spacial score (nSPS) is 20.1. The van der Waals surface area contributed by atoms with Gasteiger partial charge in [0.25, 0.3) is 0 Å². The lowest BCUT2D eigenvalue weighted by molar-refractivity contribution is 0.145. The molecule has 1 aliphatic heterocycles. The molecule has 16 heavy (non-hydrogen) atoms. The predicted molar refractivity (Wildman–Crippen MR) is 63.1 cm³/mol. The zero-order chi connectivity index (χ0) is 11.7. The SMILES string of the molecule is NCC1CN(c2ccc(Cl)cc2Cl)C(=O)O1. The Morgan fingerprint density at radius 3 is 2.81 bits per heavy atom. The fraction of sp³-hybridized carbons (Fsp3) is 0.300. The molecule has 1 heterocycles. The molecule has 0 radical (unpaired) electrons. The molecule has 0 spiro atoms. The Morgan fingerprint density at radius 2 is 2.25 bits per heavy atom. The molecule has 1 aromatic carbocycles. The first kappa shape index (κ1) is 11.5. The van der Waals surface area contributed by atoms with E-state index in [1.165, 1.54) is 4.90 Å². The number of anilines is 1. The summed E-state index contributed by atoms with van der Waals surface area (Å²) in [6.45, 7) is 0.712. The van der Waals surface area contributed by atoms with Crippen molar-refractivity contribution < 1.29 is 9.53 Å². The first-order valence-corrected chi connectivity index (χ1v) is 5.50. The molecule has 1 aliphatic rings. The molecular weight excluding hydrogens is 251 g/mol. The van der Waals surface area contributed by atoms with Crippen LogP contribution < -0.4 is 10.6 Å². The van der Waals surface area contributed by atoms with Crippen molar-refractivity contribution >= 4 is 35.0 Å². The van der Waals surface area contributed by atoms with Gasteiger partial charge in [-0.2, -0.15) is 0 Å². The summed E-state index contributed by atoms with van der Waals surface area (Å²) in [7, 11) is 0. The third-order valence-electron chi connectivity index (χ3n) is 2.34. The van der Waals surface area contributed by atoms with Gasteiger partial charge in [0.15, 0.2) is 0 Å². The van der Waals surface area contributed by atoms with Crippen LogP contribution in [0.5, 0.6) is 0 Å². The summed E-state index contributed by atoms with van der Waals surface area (Å²) in [5, 5.41) is 0.943. The topological polar surface area (TPSA) is 55.6 Å². The van der Waals surface area contributed by atoms with E-state index in [1.807, 2.05) is 0 Å². The number of ether oxygens (including phenoxy) is 1. The third kappa shape index (κ3) is 2.09. The lowest BCUT2D eigenvalue weighted by atomic mass is 10.2. The number of hydrogen-bond acceptors (Lipinski definition) is 3. The molecule has 4 nitrogen and oxygen atoms in total. The van der Waals surface area contributed by atoms with Crippen molar-refractivity contribution in [3.05, 3.63) is 28.2 Å². The maximum Gasteiger partial charge on any atom is 0.414 e. The summed E-state index contributed by atoms with van der Waals surface area (Å²) < 4.78 is 5.03. The lowest BCUT2D eigenvalue weighted by Crippen LogP contribution is -2.27. The van der Waals surface area contributed by atoms with Crippen LogP contribution in [0.25, 0.3) is 0 Å². The van der Waals surface area contributed by atoms with Crippen LogP contribution in [-0.4, -0.2) is 25.3 Å². The Labute approximate surface area is 103 Å². The van der Waals surface area contributed by atoms with Gasteiger partial charge in [-0.3, -0.25) is 4.90 Å². The Balaban J connectivity index is 2.28. The van der Waals surface area contributed by atoms with Crippen LogP contribution in [0.1, 0.15) is 0 Å². The largest absolute Gasteiger partial charge is 0.443 e. The highest BCUT2D eigenvalue weighted by atomic mass is 35.5. The zero-order valence-electron chi connectivity index (χ0n) is 8.32. The third-order valence-corrected chi connectivity index (χ3v) is 2.88. The quantitative estimate of drug-likeness (QED) is 0.888. The van der Waals surface area contributed by atoms with E-state index in [-0.39, 0.29) is 6.10 Å². The Hall–Kier alpha value is -0.970. The van der Waals surface area contributed by atoms with Crippen LogP contribution in [0.2, 0.25) is 10.0 Å². The fourth-order valence-electron chi connectivity index (χ4n) is 1.54. The highest BCUT2D eigenvalue weighted by molar-refractivity contribution is 6.36. The molecule has 1 atom stereocenters. The van der Waals surface area contributed by atoms with E-state index in [2.05, 4.69) is 0 Å². The maximum absolute atomic E-state index is 11.5. The van der Waals surface area contributed by atoms with Crippen molar-refractivity contribution in [2.75, 3.05) is 18.0 Å². The maximum atomic E-state index is 11.5. The van der Waals surface area contributed by atoms with E-state index in [4.69, 9.17) is 33.7 Å². The van der Waals surface area contributed by atoms with Gasteiger partial charge < -0.3 is 10.5 Å². The molecule has 86 valence electrons. The van der Waals surface area contributed by atoms with E-state index in [9.17, 15) is 4.79 Å². The van der Waals surface area contributed by atoms with Gasteiger partial charge in [-0.05, 0) is 18.2 Å². The van der Waals surface area contributed by atoms with Crippen molar-refractivity contribution in [1.82, 2.24) is 0 Å². The number of halogens is 2. The molecule has 1 saturated heterocycles. The monoisotopic (exact) mass is 260 g/mol. The average molecular weight is 261 g/mol. The van der Waals surface area contributed by atoms with Gasteiger partial charge in [-0.25, -0.2) is 4.79 Å². The number of hydrogen-bond donors (Lipinski definition) is 1. The van der Waals surface area contributed by atoms with Crippen LogP contribution in [-0.2, 0) is 4.74 Å². The molecule has 2 N–H and O–H groups in total. The number of nitrogens with two attached hydrogens (primary N) is 1. The van der Waals surface area contributed by atoms with Gasteiger partial charge in [0.2, 0.25) is 0 Å². The lowest BCUT2D eigenvalue weighted by Gasteiger charge is -2.14. The molecule has 0 saturated carbocycles. The second-order valence-electron chi connectivity index (χ2n) is 3.45. The molecule has 0 bridgehead atoms. The van der Waals surface area contributed by atoms with Gasteiger partial charge in [-0.15, -0.1) is 0 Å². The van der Waals surface area contributed by atoms with Gasteiger partial charge in [0.1, 0.15) is 6.10 Å². The summed E-state index contributed by atoms with van der Waals surface area (Å²) in [4.78, 5) is 13.0. The molecule has 1 amide bonds. The Kier molecular flexibility index (Phi) is 3.23. The average Bonchev–Trinajstić information content (AvgIpc) is 2.60. The van der Waals surface area contributed by atoms with E-state index >= 15 is 0 Å². The Bertz CT molecular complexity index is 425. The fourth-order valence-corrected chi connectivity index (χ4v) is 2.05. The first-order chi connectivity index (χ1) is 7.61. The molecule has 2 rings (SSSR count). The molecule has 0 aromatic heterocycles.